The van der Waals surface area contributed by atoms with Crippen molar-refractivity contribution in [2.75, 3.05) is 5.84 Å². The first-order valence-corrected chi connectivity index (χ1v) is 10.2. The Labute approximate surface area is 168 Å². The van der Waals surface area contributed by atoms with E-state index < -0.39 is 22.7 Å². The molecular formula is C18H19N5O3S2. The largest absolute Gasteiger partial charge is 0.351 e. The van der Waals surface area contributed by atoms with Crippen molar-refractivity contribution in [1.29, 1.82) is 0 Å². The first kappa shape index (κ1) is 19.9. The minimum atomic E-state index is -0.935. The van der Waals surface area contributed by atoms with Crippen LogP contribution >= 0.6 is 23.1 Å². The average Bonchev–Trinajstić information content (AvgIpc) is 3.07. The van der Waals surface area contributed by atoms with Crippen LogP contribution in [0.3, 0.4) is 0 Å². The van der Waals surface area contributed by atoms with E-state index in [0.29, 0.717) is 10.2 Å². The van der Waals surface area contributed by atoms with Crippen LogP contribution in [0.4, 0.5) is 4.79 Å². The molecule has 2 heterocycles. The molecular weight excluding hydrogens is 398 g/mol. The molecule has 146 valence electrons. The molecule has 0 radical (unpaired) electrons. The van der Waals surface area contributed by atoms with E-state index in [4.69, 9.17) is 11.6 Å². The summed E-state index contributed by atoms with van der Waals surface area (Å²) in [6.45, 7) is 3.63. The van der Waals surface area contributed by atoms with Crippen LogP contribution in [0.15, 0.2) is 45.7 Å². The number of hydrogen-bond donors (Lipinski definition) is 3. The summed E-state index contributed by atoms with van der Waals surface area (Å²) in [5.41, 5.74) is 6.30. The third kappa shape index (κ3) is 3.87. The smallest absolute Gasteiger partial charge is 0.318 e. The number of thioether (sulfide) groups is 1. The molecule has 5 N–H and O–H groups in total. The number of nitrogens with two attached hydrogens (primary N) is 2. The molecule has 2 aromatic heterocycles. The normalized spacial score (nSPS) is 12.2. The summed E-state index contributed by atoms with van der Waals surface area (Å²) in [5.74, 6) is 5.30. The fraction of sp³-hybridized carbons (Fsp3) is 0.222. The predicted molar refractivity (Wildman–Crippen MR) is 112 cm³/mol. The molecule has 3 aromatic rings. The van der Waals surface area contributed by atoms with Gasteiger partial charge in [-0.25, -0.2) is 14.5 Å². The minimum absolute atomic E-state index is 0.153. The first-order chi connectivity index (χ1) is 13.3. The zero-order valence-corrected chi connectivity index (χ0v) is 16.8. The minimum Gasteiger partial charge on any atom is -0.351 e. The van der Waals surface area contributed by atoms with Crippen molar-refractivity contribution in [1.82, 2.24) is 15.0 Å². The summed E-state index contributed by atoms with van der Waals surface area (Å²) in [7, 11) is 0. The summed E-state index contributed by atoms with van der Waals surface area (Å²) in [6.07, 6.45) is 0. The maximum atomic E-state index is 12.9. The fourth-order valence-corrected chi connectivity index (χ4v) is 4.70. The van der Waals surface area contributed by atoms with E-state index in [0.717, 1.165) is 27.6 Å². The Balaban J connectivity index is 2.04. The molecule has 0 saturated carbocycles. The highest BCUT2D eigenvalue weighted by Crippen LogP contribution is 2.33. The van der Waals surface area contributed by atoms with Crippen LogP contribution in [0, 0.1) is 5.92 Å². The lowest BCUT2D eigenvalue weighted by atomic mass is 10.1. The molecule has 8 nitrogen and oxygen atoms in total. The van der Waals surface area contributed by atoms with Gasteiger partial charge in [-0.05, 0) is 11.5 Å². The van der Waals surface area contributed by atoms with Gasteiger partial charge in [-0.2, -0.15) is 0 Å². The molecule has 1 aromatic carbocycles. The number of carbonyl (C=O) groups is 2. The molecule has 0 saturated heterocycles. The number of amides is 3. The summed E-state index contributed by atoms with van der Waals surface area (Å²) in [5, 5.41) is 3.86. The Bertz CT molecular complexity index is 1090. The molecule has 0 aliphatic carbocycles. The van der Waals surface area contributed by atoms with Gasteiger partial charge < -0.3 is 11.6 Å². The monoisotopic (exact) mass is 417 g/mol. The van der Waals surface area contributed by atoms with E-state index >= 15 is 0 Å². The van der Waals surface area contributed by atoms with Crippen LogP contribution in [0.25, 0.3) is 21.3 Å². The third-order valence-electron chi connectivity index (χ3n) is 4.04. The van der Waals surface area contributed by atoms with Crippen molar-refractivity contribution in [2.45, 2.75) is 24.3 Å². The number of thiophene rings is 1. The van der Waals surface area contributed by atoms with E-state index in [1.165, 1.54) is 11.3 Å². The van der Waals surface area contributed by atoms with E-state index in [2.05, 4.69) is 10.3 Å². The standard InChI is InChI=1S/C18H19N5O3S2/c1-9(2)13(14(24)21-17(19)26)28-18-22-15-12(16(25)23(18)20)11(8-27-15)10-6-4-3-5-7-10/h3-9,13H,20H2,1-2H3,(H3,19,21,24,26). The van der Waals surface area contributed by atoms with Crippen LogP contribution in [-0.4, -0.2) is 26.8 Å². The molecule has 28 heavy (non-hydrogen) atoms. The molecule has 3 rings (SSSR count). The summed E-state index contributed by atoms with van der Waals surface area (Å²) in [6, 6.07) is 8.57. The number of imide groups is 1. The lowest BCUT2D eigenvalue weighted by Crippen LogP contribution is -2.42. The Morgan fingerprint density at radius 3 is 2.54 bits per heavy atom. The molecule has 1 atom stereocenters. The maximum Gasteiger partial charge on any atom is 0.318 e. The lowest BCUT2D eigenvalue weighted by Gasteiger charge is -2.19. The Morgan fingerprint density at radius 2 is 1.93 bits per heavy atom. The highest BCUT2D eigenvalue weighted by molar-refractivity contribution is 8.00. The zero-order chi connectivity index (χ0) is 20.4. The molecule has 0 spiro atoms. The van der Waals surface area contributed by atoms with Crippen molar-refractivity contribution >= 4 is 45.3 Å². The maximum absolute atomic E-state index is 12.9. The number of primary amides is 1. The highest BCUT2D eigenvalue weighted by Gasteiger charge is 2.27. The van der Waals surface area contributed by atoms with E-state index in [9.17, 15) is 14.4 Å². The van der Waals surface area contributed by atoms with Gasteiger partial charge in [0.05, 0.1) is 10.6 Å². The number of urea groups is 1. The number of nitrogens with zero attached hydrogens (tertiary/aromatic N) is 2. The third-order valence-corrected chi connectivity index (χ3v) is 6.42. The number of fused-ring (bicyclic) bond motifs is 1. The second-order valence-electron chi connectivity index (χ2n) is 6.40. The topological polar surface area (TPSA) is 133 Å². The van der Waals surface area contributed by atoms with Gasteiger partial charge in [0, 0.05) is 10.9 Å². The van der Waals surface area contributed by atoms with Crippen LogP contribution in [-0.2, 0) is 4.79 Å². The van der Waals surface area contributed by atoms with Crippen LogP contribution in [0.5, 0.6) is 0 Å². The van der Waals surface area contributed by atoms with Gasteiger partial charge in [-0.3, -0.25) is 14.9 Å². The summed E-state index contributed by atoms with van der Waals surface area (Å²) < 4.78 is 0.944. The Kier molecular flexibility index (Phi) is 5.71. The number of aromatic nitrogens is 2. The SMILES string of the molecule is CC(C)C(Sc1nc2scc(-c3ccccc3)c2c(=O)n1N)C(=O)NC(N)=O. The molecule has 3 amide bonds. The number of hydrogen-bond acceptors (Lipinski definition) is 7. The molecule has 10 heteroatoms. The van der Waals surface area contributed by atoms with Crippen molar-refractivity contribution in [3.05, 3.63) is 46.1 Å². The van der Waals surface area contributed by atoms with Crippen LogP contribution in [0.2, 0.25) is 0 Å². The Morgan fingerprint density at radius 1 is 1.25 bits per heavy atom. The highest BCUT2D eigenvalue weighted by atomic mass is 32.2. The fourth-order valence-electron chi connectivity index (χ4n) is 2.70. The Hall–Kier alpha value is -2.85. The van der Waals surface area contributed by atoms with Gasteiger partial charge in [-0.1, -0.05) is 55.9 Å². The zero-order valence-electron chi connectivity index (χ0n) is 15.2. The van der Waals surface area contributed by atoms with Gasteiger partial charge >= 0.3 is 6.03 Å². The van der Waals surface area contributed by atoms with Crippen LogP contribution in [0.1, 0.15) is 13.8 Å². The number of nitrogen functional groups attached to an aromatic ring is 1. The number of nitrogens with one attached hydrogen (secondary N) is 1. The van der Waals surface area contributed by atoms with Gasteiger partial charge in [0.25, 0.3) is 5.56 Å². The number of benzene rings is 1. The van der Waals surface area contributed by atoms with Crippen molar-refractivity contribution < 1.29 is 9.59 Å². The molecule has 0 fully saturated rings. The van der Waals surface area contributed by atoms with Gasteiger partial charge in [0.1, 0.15) is 4.83 Å². The van der Waals surface area contributed by atoms with Gasteiger partial charge in [0.15, 0.2) is 5.16 Å². The van der Waals surface area contributed by atoms with Gasteiger partial charge in [0.2, 0.25) is 5.91 Å². The molecule has 0 bridgehead atoms. The second kappa shape index (κ2) is 8.03. The number of carbonyl (C=O) groups excluding carboxylic acids is 2. The average molecular weight is 418 g/mol. The van der Waals surface area contributed by atoms with Crippen molar-refractivity contribution in [2.24, 2.45) is 11.7 Å². The molecule has 1 unspecified atom stereocenters. The van der Waals surface area contributed by atoms with Gasteiger partial charge in [-0.15, -0.1) is 11.3 Å². The van der Waals surface area contributed by atoms with Crippen LogP contribution < -0.4 is 22.5 Å². The molecule has 0 aliphatic rings. The molecule has 0 aliphatic heterocycles. The predicted octanol–water partition coefficient (Wildman–Crippen LogP) is 2.15. The quantitative estimate of drug-likeness (QED) is 0.331. The van der Waals surface area contributed by atoms with Crippen molar-refractivity contribution in [3.8, 4) is 11.1 Å². The number of rotatable bonds is 5. The second-order valence-corrected chi connectivity index (χ2v) is 8.37. The first-order valence-electron chi connectivity index (χ1n) is 8.41. The van der Waals surface area contributed by atoms with E-state index in [1.54, 1.807) is 0 Å². The summed E-state index contributed by atoms with van der Waals surface area (Å²) in [4.78, 5) is 41.2. The lowest BCUT2D eigenvalue weighted by molar-refractivity contribution is -0.120. The summed E-state index contributed by atoms with van der Waals surface area (Å²) >= 11 is 2.35. The van der Waals surface area contributed by atoms with E-state index in [-0.39, 0.29) is 11.1 Å². The van der Waals surface area contributed by atoms with E-state index in [1.807, 2.05) is 49.6 Å². The van der Waals surface area contributed by atoms with Crippen molar-refractivity contribution in [3.63, 3.8) is 0 Å².